The van der Waals surface area contributed by atoms with Gasteiger partial charge < -0.3 is 5.11 Å². The smallest absolute Gasteiger partial charge is 0.0650 e. The van der Waals surface area contributed by atoms with Crippen LogP contribution in [0.4, 0.5) is 0 Å². The maximum atomic E-state index is 10.1. The van der Waals surface area contributed by atoms with E-state index in [9.17, 15) is 5.11 Å². The standard InChI is InChI=1S/C11H22O/c1-3-10(4-2)9-11(12)7-5-6-8-11/h10,12H,3-9H2,1-2H3. The first-order valence-corrected chi connectivity index (χ1v) is 5.42. The van der Waals surface area contributed by atoms with Crippen LogP contribution in [0.3, 0.4) is 0 Å². The summed E-state index contributed by atoms with van der Waals surface area (Å²) in [5, 5.41) is 10.1. The molecule has 0 aliphatic heterocycles. The summed E-state index contributed by atoms with van der Waals surface area (Å²) in [6, 6.07) is 0. The van der Waals surface area contributed by atoms with Crippen molar-refractivity contribution in [3.8, 4) is 0 Å². The zero-order valence-electron chi connectivity index (χ0n) is 8.47. The lowest BCUT2D eigenvalue weighted by atomic mass is 9.86. The van der Waals surface area contributed by atoms with Gasteiger partial charge in [-0.15, -0.1) is 0 Å². The molecular formula is C11H22O. The van der Waals surface area contributed by atoms with Gasteiger partial charge in [0.05, 0.1) is 5.60 Å². The van der Waals surface area contributed by atoms with Crippen LogP contribution in [0.15, 0.2) is 0 Å². The Balaban J connectivity index is 2.36. The Hall–Kier alpha value is -0.0400. The van der Waals surface area contributed by atoms with Crippen LogP contribution < -0.4 is 0 Å². The Morgan fingerprint density at radius 2 is 1.67 bits per heavy atom. The van der Waals surface area contributed by atoms with Crippen molar-refractivity contribution in [2.24, 2.45) is 5.92 Å². The van der Waals surface area contributed by atoms with E-state index in [2.05, 4.69) is 13.8 Å². The van der Waals surface area contributed by atoms with E-state index in [1.807, 2.05) is 0 Å². The highest BCUT2D eigenvalue weighted by Gasteiger charge is 2.32. The zero-order chi connectivity index (χ0) is 9.03. The molecule has 1 saturated carbocycles. The predicted octanol–water partition coefficient (Wildman–Crippen LogP) is 3.12. The molecule has 0 aromatic rings. The van der Waals surface area contributed by atoms with Gasteiger partial charge in [0.15, 0.2) is 0 Å². The Labute approximate surface area is 76.2 Å². The molecule has 1 aliphatic rings. The number of rotatable bonds is 4. The topological polar surface area (TPSA) is 20.2 Å². The van der Waals surface area contributed by atoms with Gasteiger partial charge in [0.2, 0.25) is 0 Å². The van der Waals surface area contributed by atoms with E-state index >= 15 is 0 Å². The first kappa shape index (κ1) is 10.0. The van der Waals surface area contributed by atoms with Crippen LogP contribution >= 0.6 is 0 Å². The van der Waals surface area contributed by atoms with Gasteiger partial charge in [-0.05, 0) is 25.2 Å². The van der Waals surface area contributed by atoms with E-state index in [-0.39, 0.29) is 5.60 Å². The summed E-state index contributed by atoms with van der Waals surface area (Å²) in [6.45, 7) is 4.46. The number of hydrogen-bond acceptors (Lipinski definition) is 1. The lowest BCUT2D eigenvalue weighted by Gasteiger charge is -2.26. The fourth-order valence-corrected chi connectivity index (χ4v) is 2.35. The molecule has 12 heavy (non-hydrogen) atoms. The second kappa shape index (κ2) is 4.27. The molecule has 1 heteroatoms. The number of aliphatic hydroxyl groups is 1. The zero-order valence-corrected chi connectivity index (χ0v) is 8.47. The quantitative estimate of drug-likeness (QED) is 0.687. The predicted molar refractivity (Wildman–Crippen MR) is 52.1 cm³/mol. The van der Waals surface area contributed by atoms with Gasteiger partial charge in [-0.2, -0.15) is 0 Å². The minimum Gasteiger partial charge on any atom is -0.390 e. The van der Waals surface area contributed by atoms with Crippen molar-refractivity contribution in [3.63, 3.8) is 0 Å². The van der Waals surface area contributed by atoms with Gasteiger partial charge in [0.25, 0.3) is 0 Å². The van der Waals surface area contributed by atoms with E-state index in [0.717, 1.165) is 25.2 Å². The van der Waals surface area contributed by atoms with Gasteiger partial charge in [-0.25, -0.2) is 0 Å². The van der Waals surface area contributed by atoms with Crippen LogP contribution in [0, 0.1) is 5.92 Å². The summed E-state index contributed by atoms with van der Waals surface area (Å²) in [7, 11) is 0. The van der Waals surface area contributed by atoms with Gasteiger partial charge in [0.1, 0.15) is 0 Å². The third-order valence-corrected chi connectivity index (χ3v) is 3.36. The summed E-state index contributed by atoms with van der Waals surface area (Å²) in [6.07, 6.45) is 8.04. The lowest BCUT2D eigenvalue weighted by molar-refractivity contribution is 0.0209. The lowest BCUT2D eigenvalue weighted by Crippen LogP contribution is -2.27. The Morgan fingerprint density at radius 3 is 2.08 bits per heavy atom. The van der Waals surface area contributed by atoms with Crippen molar-refractivity contribution >= 4 is 0 Å². The van der Waals surface area contributed by atoms with Crippen LogP contribution in [0.2, 0.25) is 0 Å². The Kier molecular flexibility index (Phi) is 3.57. The summed E-state index contributed by atoms with van der Waals surface area (Å²) < 4.78 is 0. The maximum absolute atomic E-state index is 10.1. The molecule has 0 heterocycles. The second-order valence-electron chi connectivity index (χ2n) is 4.32. The van der Waals surface area contributed by atoms with Gasteiger partial charge in [0, 0.05) is 0 Å². The molecule has 1 nitrogen and oxygen atoms in total. The van der Waals surface area contributed by atoms with E-state index in [0.29, 0.717) is 0 Å². The molecule has 1 rings (SSSR count). The highest BCUT2D eigenvalue weighted by Crippen LogP contribution is 2.36. The summed E-state index contributed by atoms with van der Waals surface area (Å²) in [4.78, 5) is 0. The monoisotopic (exact) mass is 170 g/mol. The molecule has 0 amide bonds. The minimum absolute atomic E-state index is 0.281. The molecule has 0 aromatic carbocycles. The van der Waals surface area contributed by atoms with E-state index < -0.39 is 0 Å². The Bertz CT molecular complexity index is 121. The summed E-state index contributed by atoms with van der Waals surface area (Å²) in [5.41, 5.74) is -0.281. The maximum Gasteiger partial charge on any atom is 0.0650 e. The SMILES string of the molecule is CCC(CC)CC1(O)CCCC1. The van der Waals surface area contributed by atoms with Crippen molar-refractivity contribution in [2.45, 2.75) is 64.4 Å². The van der Waals surface area contributed by atoms with E-state index in [1.54, 1.807) is 0 Å². The highest BCUT2D eigenvalue weighted by molar-refractivity contribution is 4.85. The minimum atomic E-state index is -0.281. The molecule has 0 radical (unpaired) electrons. The van der Waals surface area contributed by atoms with Crippen LogP contribution in [-0.2, 0) is 0 Å². The van der Waals surface area contributed by atoms with E-state index in [1.165, 1.54) is 25.7 Å². The van der Waals surface area contributed by atoms with Gasteiger partial charge in [-0.1, -0.05) is 39.5 Å². The molecule has 72 valence electrons. The molecule has 0 unspecified atom stereocenters. The molecule has 1 aliphatic carbocycles. The summed E-state index contributed by atoms with van der Waals surface area (Å²) >= 11 is 0. The first-order chi connectivity index (χ1) is 5.70. The largest absolute Gasteiger partial charge is 0.390 e. The normalized spacial score (nSPS) is 22.0. The highest BCUT2D eigenvalue weighted by atomic mass is 16.3. The molecule has 0 atom stereocenters. The molecule has 1 N–H and O–H groups in total. The van der Waals surface area contributed by atoms with Crippen molar-refractivity contribution in [3.05, 3.63) is 0 Å². The third kappa shape index (κ3) is 2.48. The summed E-state index contributed by atoms with van der Waals surface area (Å²) in [5.74, 6) is 0.744. The molecule has 0 saturated heterocycles. The fourth-order valence-electron chi connectivity index (χ4n) is 2.35. The van der Waals surface area contributed by atoms with Crippen molar-refractivity contribution in [1.29, 1.82) is 0 Å². The van der Waals surface area contributed by atoms with Crippen molar-refractivity contribution in [1.82, 2.24) is 0 Å². The Morgan fingerprint density at radius 1 is 1.17 bits per heavy atom. The van der Waals surface area contributed by atoms with Crippen molar-refractivity contribution in [2.75, 3.05) is 0 Å². The average molecular weight is 170 g/mol. The molecule has 0 spiro atoms. The molecule has 0 aromatic heterocycles. The van der Waals surface area contributed by atoms with Crippen LogP contribution in [0.5, 0.6) is 0 Å². The van der Waals surface area contributed by atoms with E-state index in [4.69, 9.17) is 0 Å². The van der Waals surface area contributed by atoms with Crippen LogP contribution in [0.1, 0.15) is 58.8 Å². The van der Waals surface area contributed by atoms with Gasteiger partial charge >= 0.3 is 0 Å². The van der Waals surface area contributed by atoms with Crippen molar-refractivity contribution < 1.29 is 5.11 Å². The second-order valence-corrected chi connectivity index (χ2v) is 4.32. The average Bonchev–Trinajstić information content (AvgIpc) is 2.48. The van der Waals surface area contributed by atoms with Gasteiger partial charge in [-0.3, -0.25) is 0 Å². The number of hydrogen-bond donors (Lipinski definition) is 1. The molecule has 0 bridgehead atoms. The first-order valence-electron chi connectivity index (χ1n) is 5.42. The molecular weight excluding hydrogens is 148 g/mol. The van der Waals surface area contributed by atoms with Crippen LogP contribution in [0.25, 0.3) is 0 Å². The third-order valence-electron chi connectivity index (χ3n) is 3.36. The fraction of sp³-hybridized carbons (Fsp3) is 1.00. The van der Waals surface area contributed by atoms with Crippen LogP contribution in [-0.4, -0.2) is 10.7 Å². The molecule has 1 fully saturated rings.